The minimum absolute atomic E-state index is 0.00310. The van der Waals surface area contributed by atoms with Crippen molar-refractivity contribution in [3.63, 3.8) is 0 Å². The number of imidazole rings is 1. The fourth-order valence-electron chi connectivity index (χ4n) is 5.52. The van der Waals surface area contributed by atoms with Crippen LogP contribution in [0.3, 0.4) is 0 Å². The molecule has 0 saturated carbocycles. The molecule has 1 saturated heterocycles. The first-order valence-electron chi connectivity index (χ1n) is 13.8. The van der Waals surface area contributed by atoms with E-state index in [1.54, 1.807) is 12.3 Å². The number of nitrogens with one attached hydrogen (secondary N) is 1. The zero-order valence-corrected chi connectivity index (χ0v) is 22.8. The second-order valence-electron chi connectivity index (χ2n) is 10.5. The standard InChI is InChI=1S/C31H36N6O3/c1-21(38)33-14-16-37-28-7-3-2-6-27(28)35-31(37)25-5-4-15-36(20-25)30(40)18-26(32)17-22-8-10-23(11-9-22)24-12-13-29(39)34-19-24/h2-3,6-13,19,25-26H,4-5,14-18,20,32H2,1H3,(H,33,38)(H,34,39)/t25-,26-/m1/s1. The van der Waals surface area contributed by atoms with Gasteiger partial charge >= 0.3 is 0 Å². The Kier molecular flexibility index (Phi) is 8.40. The van der Waals surface area contributed by atoms with Crippen molar-refractivity contribution in [2.24, 2.45) is 5.73 Å². The molecule has 3 heterocycles. The first-order valence-corrected chi connectivity index (χ1v) is 13.8. The van der Waals surface area contributed by atoms with Crippen molar-refractivity contribution in [2.45, 2.75) is 51.1 Å². The number of carbonyl (C=O) groups excluding carboxylic acids is 2. The van der Waals surface area contributed by atoms with Crippen LogP contribution < -0.4 is 11.1 Å². The number of amides is 2. The third-order valence-electron chi connectivity index (χ3n) is 7.50. The number of nitrogens with two attached hydrogens (primary N) is 1. The maximum atomic E-state index is 13.3. The molecule has 0 radical (unpaired) electrons. The second kappa shape index (κ2) is 12.3. The van der Waals surface area contributed by atoms with Crippen molar-refractivity contribution in [3.8, 4) is 17.0 Å². The van der Waals surface area contributed by atoms with Gasteiger partial charge in [0, 0.05) is 69.3 Å². The average Bonchev–Trinajstić information content (AvgIpc) is 3.32. The monoisotopic (exact) mass is 540 g/mol. The maximum absolute atomic E-state index is 13.3. The number of para-hydroxylation sites is 2. The van der Waals surface area contributed by atoms with Crippen LogP contribution in [0.2, 0.25) is 0 Å². The fourth-order valence-corrected chi connectivity index (χ4v) is 5.52. The quantitative estimate of drug-likeness (QED) is 0.298. The number of hydrogen-bond acceptors (Lipinski definition) is 6. The van der Waals surface area contributed by atoms with Crippen LogP contribution in [0.15, 0.2) is 66.9 Å². The lowest BCUT2D eigenvalue weighted by molar-refractivity contribution is -0.132. The van der Waals surface area contributed by atoms with Crippen LogP contribution in [0.25, 0.3) is 22.2 Å². The minimum atomic E-state index is -0.281. The first kappa shape index (κ1) is 27.3. The van der Waals surface area contributed by atoms with Crippen molar-refractivity contribution >= 4 is 22.8 Å². The molecule has 2 atom stereocenters. The second-order valence-corrected chi connectivity index (χ2v) is 10.5. The maximum Gasteiger partial charge on any atom is 0.224 e. The number of pyridine rings is 1. The molecule has 4 aromatic rings. The van der Waals surface area contributed by atoms with Crippen LogP contribution in [0.5, 0.6) is 5.88 Å². The van der Waals surface area contributed by atoms with Gasteiger partial charge in [0.15, 0.2) is 0 Å². The van der Waals surface area contributed by atoms with Crippen molar-refractivity contribution in [1.82, 2.24) is 24.8 Å². The van der Waals surface area contributed by atoms with Crippen molar-refractivity contribution < 1.29 is 14.7 Å². The predicted octanol–water partition coefficient (Wildman–Crippen LogP) is 3.61. The molecule has 1 aliphatic heterocycles. The van der Waals surface area contributed by atoms with E-state index in [0.717, 1.165) is 52.9 Å². The van der Waals surface area contributed by atoms with Gasteiger partial charge in [-0.25, -0.2) is 9.97 Å². The van der Waals surface area contributed by atoms with Crippen LogP contribution in [0.4, 0.5) is 0 Å². The third-order valence-corrected chi connectivity index (χ3v) is 7.50. The number of hydrogen-bond donors (Lipinski definition) is 3. The molecule has 2 aromatic carbocycles. The SMILES string of the molecule is CC(=O)NCCn1c([C@@H]2CCCN(C(=O)C[C@H](N)Cc3ccc(-c4ccc(O)nc4)cc3)C2)nc2ccccc21. The Labute approximate surface area is 234 Å². The topological polar surface area (TPSA) is 126 Å². The third kappa shape index (κ3) is 6.48. The van der Waals surface area contributed by atoms with E-state index in [1.807, 2.05) is 53.4 Å². The highest BCUT2D eigenvalue weighted by molar-refractivity contribution is 5.78. The number of aromatic nitrogens is 3. The Balaban J connectivity index is 1.21. The molecule has 208 valence electrons. The Hall–Kier alpha value is -4.24. The molecule has 1 aliphatic rings. The average molecular weight is 541 g/mol. The van der Waals surface area contributed by atoms with Gasteiger partial charge in [0.05, 0.1) is 11.0 Å². The molecule has 9 nitrogen and oxygen atoms in total. The molecule has 40 heavy (non-hydrogen) atoms. The van der Waals surface area contributed by atoms with E-state index in [1.165, 1.54) is 6.92 Å². The Morgan fingerprint density at radius 1 is 1.10 bits per heavy atom. The summed E-state index contributed by atoms with van der Waals surface area (Å²) in [7, 11) is 0. The van der Waals surface area contributed by atoms with Gasteiger partial charge in [-0.05, 0) is 48.6 Å². The zero-order valence-electron chi connectivity index (χ0n) is 22.8. The number of carbonyl (C=O) groups is 2. The number of nitrogens with zero attached hydrogens (tertiary/aromatic N) is 4. The Morgan fingerprint density at radius 2 is 1.88 bits per heavy atom. The molecular formula is C31H36N6O3. The summed E-state index contributed by atoms with van der Waals surface area (Å²) in [6.07, 6.45) is 4.40. The highest BCUT2D eigenvalue weighted by Crippen LogP contribution is 2.30. The van der Waals surface area contributed by atoms with Gasteiger partial charge in [-0.1, -0.05) is 36.4 Å². The van der Waals surface area contributed by atoms with Gasteiger partial charge in [-0.3, -0.25) is 9.59 Å². The van der Waals surface area contributed by atoms with E-state index < -0.39 is 0 Å². The number of aromatic hydroxyl groups is 1. The van der Waals surface area contributed by atoms with Crippen molar-refractivity contribution in [2.75, 3.05) is 19.6 Å². The lowest BCUT2D eigenvalue weighted by Crippen LogP contribution is -2.42. The van der Waals surface area contributed by atoms with E-state index in [2.05, 4.69) is 20.9 Å². The number of benzene rings is 2. The van der Waals surface area contributed by atoms with Crippen LogP contribution in [-0.4, -0.2) is 62.0 Å². The van der Waals surface area contributed by atoms with Gasteiger partial charge in [-0.2, -0.15) is 0 Å². The predicted molar refractivity (Wildman–Crippen MR) is 155 cm³/mol. The van der Waals surface area contributed by atoms with E-state index in [-0.39, 0.29) is 36.1 Å². The summed E-state index contributed by atoms with van der Waals surface area (Å²) in [6.45, 7) is 4.02. The number of rotatable bonds is 9. The number of fused-ring (bicyclic) bond motifs is 1. The van der Waals surface area contributed by atoms with Gasteiger partial charge in [0.1, 0.15) is 5.82 Å². The number of piperidine rings is 1. The summed E-state index contributed by atoms with van der Waals surface area (Å²) < 4.78 is 2.19. The van der Waals surface area contributed by atoms with E-state index in [4.69, 9.17) is 10.7 Å². The van der Waals surface area contributed by atoms with Gasteiger partial charge in [0.2, 0.25) is 17.7 Å². The van der Waals surface area contributed by atoms with Gasteiger partial charge < -0.3 is 25.6 Å². The summed E-state index contributed by atoms with van der Waals surface area (Å²) in [6, 6.07) is 19.2. The van der Waals surface area contributed by atoms with E-state index in [0.29, 0.717) is 26.1 Å². The van der Waals surface area contributed by atoms with Crippen LogP contribution >= 0.6 is 0 Å². The molecule has 0 unspecified atom stereocenters. The molecule has 0 bridgehead atoms. The van der Waals surface area contributed by atoms with Crippen molar-refractivity contribution in [1.29, 1.82) is 0 Å². The molecule has 1 fully saturated rings. The molecule has 2 amide bonds. The van der Waals surface area contributed by atoms with Crippen molar-refractivity contribution in [3.05, 3.63) is 78.2 Å². The normalized spacial score (nSPS) is 16.1. The van der Waals surface area contributed by atoms with Crippen LogP contribution in [-0.2, 0) is 22.6 Å². The highest BCUT2D eigenvalue weighted by atomic mass is 16.3. The summed E-state index contributed by atoms with van der Waals surface area (Å²) in [5.41, 5.74) is 11.4. The lowest BCUT2D eigenvalue weighted by atomic mass is 9.95. The smallest absolute Gasteiger partial charge is 0.224 e. The lowest BCUT2D eigenvalue weighted by Gasteiger charge is -2.33. The van der Waals surface area contributed by atoms with Gasteiger partial charge in [0.25, 0.3) is 0 Å². The molecule has 0 spiro atoms. The van der Waals surface area contributed by atoms with Crippen LogP contribution in [0, 0.1) is 0 Å². The first-order chi connectivity index (χ1) is 19.4. The zero-order chi connectivity index (χ0) is 28.1. The van der Waals surface area contributed by atoms with Crippen LogP contribution in [0.1, 0.15) is 43.5 Å². The summed E-state index contributed by atoms with van der Waals surface area (Å²) in [5, 5.41) is 12.3. The molecule has 5 rings (SSSR count). The Bertz CT molecular complexity index is 1460. The largest absolute Gasteiger partial charge is 0.493 e. The molecule has 0 aliphatic carbocycles. The Morgan fingerprint density at radius 3 is 2.62 bits per heavy atom. The summed E-state index contributed by atoms with van der Waals surface area (Å²) in [4.78, 5) is 35.5. The van der Waals surface area contributed by atoms with E-state index in [9.17, 15) is 14.7 Å². The summed E-state index contributed by atoms with van der Waals surface area (Å²) >= 11 is 0. The fraction of sp³-hybridized carbons (Fsp3) is 0.355. The van der Waals surface area contributed by atoms with E-state index >= 15 is 0 Å². The summed E-state index contributed by atoms with van der Waals surface area (Å²) in [5.74, 6) is 1.11. The molecule has 2 aromatic heterocycles. The highest BCUT2D eigenvalue weighted by Gasteiger charge is 2.29. The van der Waals surface area contributed by atoms with Gasteiger partial charge in [-0.15, -0.1) is 0 Å². The molecular weight excluding hydrogens is 504 g/mol. The minimum Gasteiger partial charge on any atom is -0.493 e. The number of likely N-dealkylation sites (tertiary alicyclic amines) is 1. The molecule has 9 heteroatoms. The molecule has 4 N–H and O–H groups in total.